The second-order valence-electron chi connectivity index (χ2n) is 2.95. The standard InChI is InChI=1S/C8H18N2O/c1-4-7(3)10-8(11)6(2)5-9/h6-7H,4-5,9H2,1-3H3,(H,10,11). The van der Waals surface area contributed by atoms with Gasteiger partial charge >= 0.3 is 0 Å². The summed E-state index contributed by atoms with van der Waals surface area (Å²) in [7, 11) is 0. The maximum atomic E-state index is 11.2. The van der Waals surface area contributed by atoms with Gasteiger partial charge in [-0.25, -0.2) is 0 Å². The highest BCUT2D eigenvalue weighted by molar-refractivity contribution is 5.78. The molecular formula is C8H18N2O. The smallest absolute Gasteiger partial charge is 0.224 e. The van der Waals surface area contributed by atoms with E-state index in [1.54, 1.807) is 0 Å². The van der Waals surface area contributed by atoms with E-state index in [0.29, 0.717) is 6.54 Å². The molecule has 0 rings (SSSR count). The Hall–Kier alpha value is -0.570. The Labute approximate surface area is 68.3 Å². The molecule has 1 amide bonds. The quantitative estimate of drug-likeness (QED) is 0.626. The molecule has 0 aliphatic rings. The number of nitrogens with one attached hydrogen (secondary N) is 1. The van der Waals surface area contributed by atoms with Crippen molar-refractivity contribution in [1.29, 1.82) is 0 Å². The molecule has 2 unspecified atom stereocenters. The molecule has 66 valence electrons. The largest absolute Gasteiger partial charge is 0.353 e. The molecule has 11 heavy (non-hydrogen) atoms. The van der Waals surface area contributed by atoms with Crippen molar-refractivity contribution in [3.05, 3.63) is 0 Å². The van der Waals surface area contributed by atoms with Gasteiger partial charge in [-0.15, -0.1) is 0 Å². The van der Waals surface area contributed by atoms with Gasteiger partial charge in [-0.3, -0.25) is 4.79 Å². The Morgan fingerprint density at radius 2 is 2.09 bits per heavy atom. The van der Waals surface area contributed by atoms with Crippen LogP contribution in [0.2, 0.25) is 0 Å². The van der Waals surface area contributed by atoms with E-state index in [1.807, 2.05) is 20.8 Å². The normalized spacial score (nSPS) is 15.6. The third-order valence-electron chi connectivity index (χ3n) is 1.80. The van der Waals surface area contributed by atoms with Crippen molar-refractivity contribution in [2.45, 2.75) is 33.2 Å². The molecule has 3 N–H and O–H groups in total. The fourth-order valence-corrected chi connectivity index (χ4v) is 0.594. The molecule has 0 fully saturated rings. The van der Waals surface area contributed by atoms with Gasteiger partial charge in [-0.2, -0.15) is 0 Å². The molecule has 3 nitrogen and oxygen atoms in total. The first-order valence-electron chi connectivity index (χ1n) is 4.12. The molecule has 0 aliphatic carbocycles. The third-order valence-corrected chi connectivity index (χ3v) is 1.80. The lowest BCUT2D eigenvalue weighted by molar-refractivity contribution is -0.124. The van der Waals surface area contributed by atoms with Gasteiger partial charge in [0.2, 0.25) is 5.91 Å². The maximum absolute atomic E-state index is 11.2. The Kier molecular flexibility index (Phi) is 4.86. The average Bonchev–Trinajstić information content (AvgIpc) is 2.02. The van der Waals surface area contributed by atoms with Crippen LogP contribution in [0, 0.1) is 5.92 Å². The molecule has 0 heterocycles. The van der Waals surface area contributed by atoms with Crippen LogP contribution in [0.3, 0.4) is 0 Å². The van der Waals surface area contributed by atoms with Gasteiger partial charge in [0.1, 0.15) is 0 Å². The number of carbonyl (C=O) groups is 1. The van der Waals surface area contributed by atoms with E-state index in [4.69, 9.17) is 5.73 Å². The Morgan fingerprint density at radius 3 is 2.45 bits per heavy atom. The van der Waals surface area contributed by atoms with Gasteiger partial charge < -0.3 is 11.1 Å². The molecule has 3 heteroatoms. The van der Waals surface area contributed by atoms with Crippen LogP contribution in [0.15, 0.2) is 0 Å². The van der Waals surface area contributed by atoms with Crippen molar-refractivity contribution in [2.75, 3.05) is 6.54 Å². The SMILES string of the molecule is CCC(C)NC(=O)C(C)CN. The number of carbonyl (C=O) groups excluding carboxylic acids is 1. The summed E-state index contributed by atoms with van der Waals surface area (Å²) in [4.78, 5) is 11.2. The van der Waals surface area contributed by atoms with Crippen molar-refractivity contribution < 1.29 is 4.79 Å². The first-order chi connectivity index (χ1) is 5.11. The van der Waals surface area contributed by atoms with Gasteiger partial charge in [-0.05, 0) is 13.3 Å². The first-order valence-corrected chi connectivity index (χ1v) is 4.12. The molecule has 0 saturated carbocycles. The molecule has 0 saturated heterocycles. The molecular weight excluding hydrogens is 140 g/mol. The number of hydrogen-bond donors (Lipinski definition) is 2. The maximum Gasteiger partial charge on any atom is 0.224 e. The van der Waals surface area contributed by atoms with E-state index >= 15 is 0 Å². The average molecular weight is 158 g/mol. The highest BCUT2D eigenvalue weighted by Gasteiger charge is 2.11. The Balaban J connectivity index is 3.68. The molecule has 0 radical (unpaired) electrons. The second kappa shape index (κ2) is 5.13. The summed E-state index contributed by atoms with van der Waals surface area (Å²) >= 11 is 0. The van der Waals surface area contributed by atoms with E-state index in [-0.39, 0.29) is 17.9 Å². The second-order valence-corrected chi connectivity index (χ2v) is 2.95. The summed E-state index contributed by atoms with van der Waals surface area (Å²) in [6, 6.07) is 0.261. The lowest BCUT2D eigenvalue weighted by Crippen LogP contribution is -2.38. The zero-order chi connectivity index (χ0) is 8.85. The summed E-state index contributed by atoms with van der Waals surface area (Å²) in [5, 5.41) is 2.86. The van der Waals surface area contributed by atoms with Crippen LogP contribution in [0.5, 0.6) is 0 Å². The summed E-state index contributed by atoms with van der Waals surface area (Å²) in [5.41, 5.74) is 5.33. The molecule has 0 spiro atoms. The van der Waals surface area contributed by atoms with Crippen LogP contribution in [0.1, 0.15) is 27.2 Å². The van der Waals surface area contributed by atoms with Crippen molar-refractivity contribution in [3.8, 4) is 0 Å². The van der Waals surface area contributed by atoms with E-state index < -0.39 is 0 Å². The van der Waals surface area contributed by atoms with E-state index in [1.165, 1.54) is 0 Å². The minimum Gasteiger partial charge on any atom is -0.353 e. The summed E-state index contributed by atoms with van der Waals surface area (Å²) < 4.78 is 0. The number of amides is 1. The number of nitrogens with two attached hydrogens (primary N) is 1. The third kappa shape index (κ3) is 3.98. The van der Waals surface area contributed by atoms with Crippen molar-refractivity contribution in [1.82, 2.24) is 5.32 Å². The summed E-state index contributed by atoms with van der Waals surface area (Å²) in [6.45, 7) is 6.28. The molecule has 0 bridgehead atoms. The van der Waals surface area contributed by atoms with Crippen molar-refractivity contribution >= 4 is 5.91 Å². The van der Waals surface area contributed by atoms with Gasteiger partial charge in [-0.1, -0.05) is 13.8 Å². The Morgan fingerprint density at radius 1 is 1.55 bits per heavy atom. The zero-order valence-corrected chi connectivity index (χ0v) is 7.55. The highest BCUT2D eigenvalue weighted by atomic mass is 16.1. The lowest BCUT2D eigenvalue weighted by Gasteiger charge is -2.14. The predicted octanol–water partition coefficient (Wildman–Crippen LogP) is 0.496. The molecule has 0 aliphatic heterocycles. The number of hydrogen-bond acceptors (Lipinski definition) is 2. The molecule has 0 aromatic carbocycles. The van der Waals surface area contributed by atoms with Gasteiger partial charge in [0.05, 0.1) is 0 Å². The molecule has 0 aromatic rings. The van der Waals surface area contributed by atoms with Crippen LogP contribution in [0.25, 0.3) is 0 Å². The van der Waals surface area contributed by atoms with Gasteiger partial charge in [0.15, 0.2) is 0 Å². The van der Waals surface area contributed by atoms with E-state index in [9.17, 15) is 4.79 Å². The van der Waals surface area contributed by atoms with Gasteiger partial charge in [0.25, 0.3) is 0 Å². The fourth-order valence-electron chi connectivity index (χ4n) is 0.594. The van der Waals surface area contributed by atoms with Crippen molar-refractivity contribution in [3.63, 3.8) is 0 Å². The predicted molar refractivity (Wildman–Crippen MR) is 46.1 cm³/mol. The fraction of sp³-hybridized carbons (Fsp3) is 0.875. The minimum atomic E-state index is -0.0657. The molecule has 2 atom stereocenters. The summed E-state index contributed by atoms with van der Waals surface area (Å²) in [6.07, 6.45) is 0.961. The Bertz CT molecular complexity index is 125. The van der Waals surface area contributed by atoms with Crippen LogP contribution < -0.4 is 11.1 Å². The highest BCUT2D eigenvalue weighted by Crippen LogP contribution is 1.94. The lowest BCUT2D eigenvalue weighted by atomic mass is 10.1. The van der Waals surface area contributed by atoms with E-state index in [0.717, 1.165) is 6.42 Å². The van der Waals surface area contributed by atoms with E-state index in [2.05, 4.69) is 5.32 Å². The first kappa shape index (κ1) is 10.4. The van der Waals surface area contributed by atoms with Crippen LogP contribution >= 0.6 is 0 Å². The topological polar surface area (TPSA) is 55.1 Å². The van der Waals surface area contributed by atoms with Crippen LogP contribution in [0.4, 0.5) is 0 Å². The zero-order valence-electron chi connectivity index (χ0n) is 7.55. The summed E-state index contributed by atoms with van der Waals surface area (Å²) in [5.74, 6) is -0.00847. The van der Waals surface area contributed by atoms with Crippen molar-refractivity contribution in [2.24, 2.45) is 11.7 Å². The van der Waals surface area contributed by atoms with Gasteiger partial charge in [0, 0.05) is 18.5 Å². The monoisotopic (exact) mass is 158 g/mol. The van der Waals surface area contributed by atoms with Crippen LogP contribution in [-0.2, 0) is 4.79 Å². The molecule has 0 aromatic heterocycles. The number of rotatable bonds is 4. The van der Waals surface area contributed by atoms with Crippen LogP contribution in [-0.4, -0.2) is 18.5 Å². The minimum absolute atomic E-state index is 0.0573.